The molecule has 0 N–H and O–H groups in total. The molecule has 3 aromatic heterocycles. The van der Waals surface area contributed by atoms with Gasteiger partial charge in [0, 0.05) is 13.6 Å². The summed E-state index contributed by atoms with van der Waals surface area (Å²) in [5.41, 5.74) is 0.246. The Hall–Kier alpha value is -2.52. The number of aromatic nitrogens is 3. The Balaban J connectivity index is 1.85. The molecule has 3 rings (SSSR count). The van der Waals surface area contributed by atoms with Gasteiger partial charge in [-0.1, -0.05) is 17.4 Å². The summed E-state index contributed by atoms with van der Waals surface area (Å²) in [6, 6.07) is 3.55. The van der Waals surface area contributed by atoms with Crippen molar-refractivity contribution in [2.45, 2.75) is 19.6 Å². The number of allylic oxidation sites excluding steroid dienone is 1. The van der Waals surface area contributed by atoms with Crippen LogP contribution >= 0.6 is 23.6 Å². The summed E-state index contributed by atoms with van der Waals surface area (Å²) < 4.78 is 9.27. The summed E-state index contributed by atoms with van der Waals surface area (Å²) in [5.74, 6) is 0.463. The highest BCUT2D eigenvalue weighted by Gasteiger charge is 2.16. The smallest absolute Gasteiger partial charge is 0.273 e. The number of nitrogens with zero attached hydrogens (tertiary/aromatic N) is 4. The average molecular weight is 376 g/mol. The summed E-state index contributed by atoms with van der Waals surface area (Å²) >= 11 is 6.47. The molecule has 1 amide bonds. The first kappa shape index (κ1) is 17.3. The molecular formula is C16H16N4O3S2. The Morgan fingerprint density at radius 3 is 3.04 bits per heavy atom. The monoisotopic (exact) mass is 376 g/mol. The predicted molar refractivity (Wildman–Crippen MR) is 98.1 cm³/mol. The quantitative estimate of drug-likeness (QED) is 0.488. The van der Waals surface area contributed by atoms with Crippen molar-refractivity contribution in [3.63, 3.8) is 0 Å². The maximum Gasteiger partial charge on any atom is 0.273 e. The van der Waals surface area contributed by atoms with Gasteiger partial charge in [-0.25, -0.2) is 4.98 Å². The second-order valence-corrected chi connectivity index (χ2v) is 7.07. The van der Waals surface area contributed by atoms with Gasteiger partial charge in [-0.05, 0) is 24.4 Å². The first-order valence-electron chi connectivity index (χ1n) is 7.47. The van der Waals surface area contributed by atoms with E-state index in [-0.39, 0.29) is 18.0 Å². The Bertz CT molecular complexity index is 1030. The van der Waals surface area contributed by atoms with Crippen molar-refractivity contribution in [1.82, 2.24) is 19.0 Å². The van der Waals surface area contributed by atoms with Crippen LogP contribution < -0.4 is 5.56 Å². The number of likely N-dealkylation sites (N-methyl/N-ethyl adjacent to an activating group) is 1. The summed E-state index contributed by atoms with van der Waals surface area (Å²) in [6.45, 7) is 4.41. The first-order chi connectivity index (χ1) is 12.0. The minimum atomic E-state index is -0.274. The highest BCUT2D eigenvalue weighted by atomic mass is 32.1. The standard InChI is InChI=1S/C16H16N4O3S2/c1-3-6-20-14-13(25-16(20)24)15(22)19(10-17-14)9-12(21)18(2)8-11-5-4-7-23-11/h3-5,7,10H,1,6,8-9H2,2H3. The van der Waals surface area contributed by atoms with Crippen molar-refractivity contribution in [1.29, 1.82) is 0 Å². The molecule has 0 spiro atoms. The zero-order valence-corrected chi connectivity index (χ0v) is 15.2. The summed E-state index contributed by atoms with van der Waals surface area (Å²) in [7, 11) is 1.66. The van der Waals surface area contributed by atoms with Crippen LogP contribution in [0.1, 0.15) is 5.76 Å². The molecule has 0 atom stereocenters. The average Bonchev–Trinajstić information content (AvgIpc) is 3.19. The van der Waals surface area contributed by atoms with Crippen LogP contribution in [-0.2, 0) is 24.4 Å². The number of hydrogen-bond donors (Lipinski definition) is 0. The van der Waals surface area contributed by atoms with Crippen molar-refractivity contribution >= 4 is 39.8 Å². The van der Waals surface area contributed by atoms with E-state index in [1.165, 1.54) is 27.1 Å². The number of carbonyl (C=O) groups is 1. The van der Waals surface area contributed by atoms with Gasteiger partial charge >= 0.3 is 0 Å². The van der Waals surface area contributed by atoms with Gasteiger partial charge in [0.2, 0.25) is 5.91 Å². The summed E-state index contributed by atoms with van der Waals surface area (Å²) in [4.78, 5) is 30.8. The molecule has 0 saturated carbocycles. The van der Waals surface area contributed by atoms with E-state index in [9.17, 15) is 9.59 Å². The molecule has 25 heavy (non-hydrogen) atoms. The van der Waals surface area contributed by atoms with Crippen LogP contribution in [0.15, 0.2) is 46.6 Å². The van der Waals surface area contributed by atoms with Crippen molar-refractivity contribution in [3.8, 4) is 0 Å². The molecule has 0 radical (unpaired) electrons. The number of amides is 1. The molecule has 0 bridgehead atoms. The van der Waals surface area contributed by atoms with Crippen molar-refractivity contribution in [3.05, 3.63) is 57.4 Å². The molecule has 0 aliphatic heterocycles. The molecule has 0 fully saturated rings. The van der Waals surface area contributed by atoms with Gasteiger partial charge in [0.05, 0.1) is 12.8 Å². The highest BCUT2D eigenvalue weighted by Crippen LogP contribution is 2.17. The molecule has 0 aliphatic carbocycles. The zero-order valence-electron chi connectivity index (χ0n) is 13.5. The van der Waals surface area contributed by atoms with Gasteiger partial charge < -0.3 is 13.9 Å². The predicted octanol–water partition coefficient (Wildman–Crippen LogP) is 2.43. The number of rotatable bonds is 6. The SMILES string of the molecule is C=CCn1c(=S)sc2c(=O)n(CC(=O)N(C)Cc3ccco3)cnc21. The Kier molecular flexibility index (Phi) is 4.95. The van der Waals surface area contributed by atoms with E-state index < -0.39 is 0 Å². The third kappa shape index (κ3) is 3.47. The minimum Gasteiger partial charge on any atom is -0.467 e. The number of furan rings is 1. The largest absolute Gasteiger partial charge is 0.467 e. The third-order valence-electron chi connectivity index (χ3n) is 3.66. The highest BCUT2D eigenvalue weighted by molar-refractivity contribution is 7.73. The van der Waals surface area contributed by atoms with Gasteiger partial charge in [-0.2, -0.15) is 0 Å². The van der Waals surface area contributed by atoms with Gasteiger partial charge in [0.15, 0.2) is 9.60 Å². The third-order valence-corrected chi connectivity index (χ3v) is 5.09. The van der Waals surface area contributed by atoms with E-state index in [1.54, 1.807) is 36.1 Å². The van der Waals surface area contributed by atoms with E-state index >= 15 is 0 Å². The lowest BCUT2D eigenvalue weighted by atomic mass is 10.4. The van der Waals surface area contributed by atoms with Crippen LogP contribution in [0, 0.1) is 3.95 Å². The fourth-order valence-electron chi connectivity index (χ4n) is 2.37. The lowest BCUT2D eigenvalue weighted by Gasteiger charge is -2.16. The lowest BCUT2D eigenvalue weighted by molar-refractivity contribution is -0.131. The Labute approximate surface area is 152 Å². The van der Waals surface area contributed by atoms with Gasteiger partial charge in [-0.15, -0.1) is 6.58 Å². The van der Waals surface area contributed by atoms with Crippen molar-refractivity contribution < 1.29 is 9.21 Å². The molecule has 0 aromatic carbocycles. The first-order valence-corrected chi connectivity index (χ1v) is 8.69. The second kappa shape index (κ2) is 7.16. The molecule has 0 aliphatic rings. The summed E-state index contributed by atoms with van der Waals surface area (Å²) in [5, 5.41) is 0. The fourth-order valence-corrected chi connectivity index (χ4v) is 3.68. The van der Waals surface area contributed by atoms with E-state index in [1.807, 2.05) is 0 Å². The second-order valence-electron chi connectivity index (χ2n) is 5.43. The maximum atomic E-state index is 12.6. The normalized spacial score (nSPS) is 10.9. The summed E-state index contributed by atoms with van der Waals surface area (Å²) in [6.07, 6.45) is 4.63. The molecule has 9 heteroatoms. The van der Waals surface area contributed by atoms with Crippen LogP contribution in [0.4, 0.5) is 0 Å². The van der Waals surface area contributed by atoms with Gasteiger partial charge in [-0.3, -0.25) is 14.2 Å². The molecule has 0 unspecified atom stereocenters. The topological polar surface area (TPSA) is 73.3 Å². The molecule has 7 nitrogen and oxygen atoms in total. The van der Waals surface area contributed by atoms with Crippen LogP contribution in [0.3, 0.4) is 0 Å². The molecule has 3 aromatic rings. The molecule has 3 heterocycles. The van der Waals surface area contributed by atoms with Crippen LogP contribution in [0.2, 0.25) is 0 Å². The number of fused-ring (bicyclic) bond motifs is 1. The minimum absolute atomic E-state index is 0.0922. The van der Waals surface area contributed by atoms with Crippen LogP contribution in [0.5, 0.6) is 0 Å². The fraction of sp³-hybridized carbons (Fsp3) is 0.250. The van der Waals surface area contributed by atoms with E-state index in [4.69, 9.17) is 16.6 Å². The maximum absolute atomic E-state index is 12.6. The number of hydrogen-bond acceptors (Lipinski definition) is 6. The number of carbonyl (C=O) groups excluding carboxylic acids is 1. The van der Waals surface area contributed by atoms with Gasteiger partial charge in [0.25, 0.3) is 5.56 Å². The number of thiazole rings is 1. The van der Waals surface area contributed by atoms with E-state index in [0.29, 0.717) is 33.2 Å². The Morgan fingerprint density at radius 1 is 1.56 bits per heavy atom. The van der Waals surface area contributed by atoms with Crippen LogP contribution in [0.25, 0.3) is 10.3 Å². The van der Waals surface area contributed by atoms with Gasteiger partial charge in [0.1, 0.15) is 23.3 Å². The van der Waals surface area contributed by atoms with E-state index in [0.717, 1.165) is 0 Å². The Morgan fingerprint density at radius 2 is 2.36 bits per heavy atom. The zero-order chi connectivity index (χ0) is 18.0. The molecule has 130 valence electrons. The van der Waals surface area contributed by atoms with Crippen molar-refractivity contribution in [2.75, 3.05) is 7.05 Å². The lowest BCUT2D eigenvalue weighted by Crippen LogP contribution is -2.33. The molecule has 0 saturated heterocycles. The van der Waals surface area contributed by atoms with Crippen molar-refractivity contribution in [2.24, 2.45) is 0 Å². The molecular weight excluding hydrogens is 360 g/mol. The van der Waals surface area contributed by atoms with Crippen LogP contribution in [-0.4, -0.2) is 32.0 Å². The van der Waals surface area contributed by atoms with E-state index in [2.05, 4.69) is 11.6 Å².